The molecule has 35 heavy (non-hydrogen) atoms. The Balaban J connectivity index is 1.67. The van der Waals surface area contributed by atoms with E-state index in [1.165, 1.54) is 20.3 Å². The maximum atomic E-state index is 16.3. The number of esters is 2. The fourth-order valence-electron chi connectivity index (χ4n) is 4.66. The van der Waals surface area contributed by atoms with Crippen molar-refractivity contribution in [2.24, 2.45) is 0 Å². The Morgan fingerprint density at radius 1 is 0.914 bits per heavy atom. The molecule has 1 saturated heterocycles. The summed E-state index contributed by atoms with van der Waals surface area (Å²) in [7, 11) is 2.65. The van der Waals surface area contributed by atoms with Crippen LogP contribution >= 0.6 is 0 Å². The predicted octanol–water partition coefficient (Wildman–Crippen LogP) is 5.75. The van der Waals surface area contributed by atoms with Gasteiger partial charge in [-0.05, 0) is 46.8 Å². The number of carbonyl (C=O) groups excluding carboxylic acids is 2. The van der Waals surface area contributed by atoms with Gasteiger partial charge in [0, 0.05) is 6.42 Å². The summed E-state index contributed by atoms with van der Waals surface area (Å²) in [4.78, 5) is 26.1. The predicted molar refractivity (Wildman–Crippen MR) is 128 cm³/mol. The Morgan fingerprint density at radius 2 is 1.69 bits per heavy atom. The van der Waals surface area contributed by atoms with Gasteiger partial charge in [0.05, 0.1) is 42.9 Å². The molecule has 1 atom stereocenters. The van der Waals surface area contributed by atoms with E-state index < -0.39 is 23.5 Å². The van der Waals surface area contributed by atoms with E-state index in [9.17, 15) is 9.59 Å². The topological polar surface area (TPSA) is 71.1 Å². The average molecular weight is 474 g/mol. The molecule has 0 bridgehead atoms. The zero-order valence-corrected chi connectivity index (χ0v) is 19.3. The zero-order valence-electron chi connectivity index (χ0n) is 19.3. The Morgan fingerprint density at radius 3 is 2.40 bits per heavy atom. The second kappa shape index (κ2) is 9.00. The van der Waals surface area contributed by atoms with Crippen molar-refractivity contribution in [2.75, 3.05) is 20.8 Å². The van der Waals surface area contributed by atoms with Gasteiger partial charge in [-0.2, -0.15) is 0 Å². The lowest BCUT2D eigenvalue weighted by atomic mass is 9.91. The van der Waals surface area contributed by atoms with Crippen molar-refractivity contribution in [1.29, 1.82) is 0 Å². The largest absolute Gasteiger partial charge is 0.496 e. The van der Waals surface area contributed by atoms with Crippen molar-refractivity contribution in [3.05, 3.63) is 89.2 Å². The van der Waals surface area contributed by atoms with Crippen LogP contribution in [0.2, 0.25) is 0 Å². The van der Waals surface area contributed by atoms with Gasteiger partial charge in [0.25, 0.3) is 0 Å². The number of fused-ring (bicyclic) bond motifs is 2. The molecule has 178 valence electrons. The van der Waals surface area contributed by atoms with Crippen molar-refractivity contribution in [2.45, 2.75) is 18.6 Å². The third kappa shape index (κ3) is 3.88. The summed E-state index contributed by atoms with van der Waals surface area (Å²) >= 11 is 0. The van der Waals surface area contributed by atoms with Crippen molar-refractivity contribution in [1.82, 2.24) is 0 Å². The molecule has 0 aromatic heterocycles. The first-order valence-electron chi connectivity index (χ1n) is 11.2. The molecule has 1 aliphatic rings. The molecule has 4 aromatic carbocycles. The number of ether oxygens (including phenoxy) is 4. The van der Waals surface area contributed by atoms with Gasteiger partial charge in [-0.25, -0.2) is 14.0 Å². The minimum absolute atomic E-state index is 0.0704. The summed E-state index contributed by atoms with van der Waals surface area (Å²) in [5.74, 6) is -3.72. The first-order chi connectivity index (χ1) is 17.0. The molecule has 1 unspecified atom stereocenters. The molecule has 5 rings (SSSR count). The van der Waals surface area contributed by atoms with Gasteiger partial charge in [-0.15, -0.1) is 0 Å². The number of hydrogen-bond acceptors (Lipinski definition) is 6. The Labute approximate surface area is 201 Å². The molecule has 0 saturated carbocycles. The van der Waals surface area contributed by atoms with Gasteiger partial charge in [0.1, 0.15) is 11.6 Å². The van der Waals surface area contributed by atoms with E-state index in [1.54, 1.807) is 30.3 Å². The summed E-state index contributed by atoms with van der Waals surface area (Å²) in [6, 6.07) is 19.3. The summed E-state index contributed by atoms with van der Waals surface area (Å²) < 4.78 is 38.4. The standard InChI is InChI=1S/C28H23FO6/c1-32-22-10-5-9-19-16-21(27(31)33-2)24(25(29)23(19)22)28(13-6-14-34-28)35-26(30)20-12-11-17-7-3-4-8-18(17)15-20/h3-5,7-12,15-16H,6,13-14H2,1-2H3. The average Bonchev–Trinajstić information content (AvgIpc) is 3.36. The van der Waals surface area contributed by atoms with Crippen LogP contribution in [-0.2, 0) is 20.0 Å². The van der Waals surface area contributed by atoms with Crippen LogP contribution in [0.1, 0.15) is 39.1 Å². The fraction of sp³-hybridized carbons (Fsp3) is 0.214. The van der Waals surface area contributed by atoms with Crippen LogP contribution in [0.3, 0.4) is 0 Å². The monoisotopic (exact) mass is 474 g/mol. The molecular formula is C28H23FO6. The summed E-state index contributed by atoms with van der Waals surface area (Å²) in [6.45, 7) is 0.231. The van der Waals surface area contributed by atoms with Gasteiger partial charge in [-0.3, -0.25) is 0 Å². The van der Waals surface area contributed by atoms with Gasteiger partial charge < -0.3 is 18.9 Å². The third-order valence-corrected chi connectivity index (χ3v) is 6.30. The van der Waals surface area contributed by atoms with Crippen molar-refractivity contribution in [3.8, 4) is 5.75 Å². The number of methoxy groups -OCH3 is 2. The molecular weight excluding hydrogens is 451 g/mol. The number of carbonyl (C=O) groups is 2. The molecule has 4 aromatic rings. The zero-order chi connectivity index (χ0) is 24.6. The summed E-state index contributed by atoms with van der Waals surface area (Å²) in [5, 5.41) is 2.44. The van der Waals surface area contributed by atoms with Crippen LogP contribution in [0.15, 0.2) is 66.7 Å². The first kappa shape index (κ1) is 22.8. The molecule has 1 heterocycles. The Kier molecular flexibility index (Phi) is 5.86. The smallest absolute Gasteiger partial charge is 0.340 e. The highest BCUT2D eigenvalue weighted by molar-refractivity contribution is 6.00. The second-order valence-electron chi connectivity index (χ2n) is 8.32. The molecule has 0 aliphatic carbocycles. The lowest BCUT2D eigenvalue weighted by molar-refractivity contribution is -0.184. The molecule has 7 heteroatoms. The molecule has 1 fully saturated rings. The number of halogens is 1. The highest BCUT2D eigenvalue weighted by Gasteiger charge is 2.47. The lowest BCUT2D eigenvalue weighted by Crippen LogP contribution is -2.35. The van der Waals surface area contributed by atoms with Crippen LogP contribution in [0.5, 0.6) is 5.75 Å². The number of hydrogen-bond donors (Lipinski definition) is 0. The number of benzene rings is 4. The van der Waals surface area contributed by atoms with Gasteiger partial charge >= 0.3 is 11.9 Å². The summed E-state index contributed by atoms with van der Waals surface area (Å²) in [5.41, 5.74) is 0.0453. The Hall–Kier alpha value is -3.97. The first-order valence-corrected chi connectivity index (χ1v) is 11.2. The van der Waals surface area contributed by atoms with E-state index in [1.807, 2.05) is 30.3 Å². The Bertz CT molecular complexity index is 1460. The third-order valence-electron chi connectivity index (χ3n) is 6.30. The molecule has 6 nitrogen and oxygen atoms in total. The highest BCUT2D eigenvalue weighted by atomic mass is 19.1. The van der Waals surface area contributed by atoms with Crippen molar-refractivity contribution < 1.29 is 32.9 Å². The summed E-state index contributed by atoms with van der Waals surface area (Å²) in [6.07, 6.45) is 0.683. The maximum absolute atomic E-state index is 16.3. The lowest BCUT2D eigenvalue weighted by Gasteiger charge is -2.31. The van der Waals surface area contributed by atoms with E-state index in [-0.39, 0.29) is 40.9 Å². The van der Waals surface area contributed by atoms with Crippen LogP contribution in [0.4, 0.5) is 4.39 Å². The normalized spacial score (nSPS) is 17.5. The van der Waals surface area contributed by atoms with Crippen molar-refractivity contribution in [3.63, 3.8) is 0 Å². The SMILES string of the molecule is COC(=O)c1cc2cccc(OC)c2c(F)c1C1(OC(=O)c2ccc3ccccc3c2)CCCO1. The van der Waals surface area contributed by atoms with E-state index >= 15 is 4.39 Å². The molecule has 1 aliphatic heterocycles. The maximum Gasteiger partial charge on any atom is 0.340 e. The molecule has 0 N–H and O–H groups in total. The second-order valence-corrected chi connectivity index (χ2v) is 8.32. The van der Waals surface area contributed by atoms with Crippen LogP contribution in [0, 0.1) is 5.82 Å². The van der Waals surface area contributed by atoms with E-state index in [2.05, 4.69) is 0 Å². The van der Waals surface area contributed by atoms with Crippen LogP contribution in [0.25, 0.3) is 21.5 Å². The quantitative estimate of drug-likeness (QED) is 0.343. The van der Waals surface area contributed by atoms with Crippen LogP contribution < -0.4 is 4.74 Å². The minimum atomic E-state index is -1.80. The fourth-order valence-corrected chi connectivity index (χ4v) is 4.66. The van der Waals surface area contributed by atoms with Crippen LogP contribution in [-0.4, -0.2) is 32.8 Å². The molecule has 0 spiro atoms. The van der Waals surface area contributed by atoms with Gasteiger partial charge in [-0.1, -0.05) is 42.5 Å². The van der Waals surface area contributed by atoms with Gasteiger partial charge in [0.2, 0.25) is 5.79 Å². The van der Waals surface area contributed by atoms with E-state index in [4.69, 9.17) is 18.9 Å². The molecule has 0 radical (unpaired) electrons. The van der Waals surface area contributed by atoms with Gasteiger partial charge in [0.15, 0.2) is 0 Å². The highest BCUT2D eigenvalue weighted by Crippen LogP contribution is 2.44. The minimum Gasteiger partial charge on any atom is -0.496 e. The van der Waals surface area contributed by atoms with E-state index in [0.29, 0.717) is 11.8 Å². The molecule has 0 amide bonds. The van der Waals surface area contributed by atoms with Crippen molar-refractivity contribution >= 4 is 33.5 Å². The van der Waals surface area contributed by atoms with E-state index in [0.717, 1.165) is 10.8 Å². The number of rotatable bonds is 5.